The lowest BCUT2D eigenvalue weighted by Gasteiger charge is -2.26. The second-order valence-electron chi connectivity index (χ2n) is 10.1. The molecule has 184 valence electrons. The van der Waals surface area contributed by atoms with Crippen LogP contribution in [0.5, 0.6) is 0 Å². The molecule has 2 amide bonds. The number of hydrogen-bond acceptors (Lipinski definition) is 4. The van der Waals surface area contributed by atoms with Crippen LogP contribution in [0.15, 0.2) is 48.5 Å². The van der Waals surface area contributed by atoms with Crippen LogP contribution in [0, 0.1) is 0 Å². The van der Waals surface area contributed by atoms with Gasteiger partial charge in [-0.25, -0.2) is 0 Å². The zero-order chi connectivity index (χ0) is 24.1. The molecule has 4 rings (SSSR count). The number of likely N-dealkylation sites (N-methyl/N-ethyl adjacent to an activating group) is 2. The summed E-state index contributed by atoms with van der Waals surface area (Å²) in [5.41, 5.74) is 3.96. The van der Waals surface area contributed by atoms with E-state index in [2.05, 4.69) is 22.3 Å². The van der Waals surface area contributed by atoms with Crippen LogP contribution >= 0.6 is 0 Å². The Morgan fingerprint density at radius 1 is 0.941 bits per heavy atom. The van der Waals surface area contributed by atoms with Crippen molar-refractivity contribution in [1.82, 2.24) is 9.80 Å². The van der Waals surface area contributed by atoms with Gasteiger partial charge < -0.3 is 20.0 Å². The molecular weight excluding hydrogens is 424 g/mol. The Bertz CT molecular complexity index is 971. The van der Waals surface area contributed by atoms with Crippen molar-refractivity contribution in [3.05, 3.63) is 59.7 Å². The molecule has 6 heteroatoms. The van der Waals surface area contributed by atoms with Crippen molar-refractivity contribution in [2.75, 3.05) is 51.0 Å². The molecule has 1 unspecified atom stereocenters. The molecule has 34 heavy (non-hydrogen) atoms. The Kier molecular flexibility index (Phi) is 7.88. The highest BCUT2D eigenvalue weighted by Gasteiger charge is 2.28. The van der Waals surface area contributed by atoms with Gasteiger partial charge in [0.05, 0.1) is 12.6 Å². The number of nitrogens with one attached hydrogen (secondary N) is 1. The summed E-state index contributed by atoms with van der Waals surface area (Å²) in [5, 5.41) is 3.02. The summed E-state index contributed by atoms with van der Waals surface area (Å²) in [7, 11) is 5.74. The SMILES string of the molecule is CN(C)CC(=O)N(C)C1CCN(c2ccc(NC(=O)c3ccc(C4CCCCC4)cc3)cc2)C1.[HH]. The minimum absolute atomic E-state index is 0. The van der Waals surface area contributed by atoms with Gasteiger partial charge in [0.1, 0.15) is 0 Å². The Morgan fingerprint density at radius 2 is 1.62 bits per heavy atom. The second kappa shape index (κ2) is 11.0. The summed E-state index contributed by atoms with van der Waals surface area (Å²) in [6, 6.07) is 16.4. The molecule has 0 aromatic heterocycles. The molecule has 0 spiro atoms. The maximum absolute atomic E-state index is 12.7. The van der Waals surface area contributed by atoms with Crippen molar-refractivity contribution in [2.45, 2.75) is 50.5 Å². The van der Waals surface area contributed by atoms with E-state index in [1.165, 1.54) is 37.7 Å². The first-order chi connectivity index (χ1) is 16.4. The van der Waals surface area contributed by atoms with Crippen LogP contribution in [-0.2, 0) is 4.79 Å². The lowest BCUT2D eigenvalue weighted by atomic mass is 9.84. The fraction of sp³-hybridized carbons (Fsp3) is 0.500. The van der Waals surface area contributed by atoms with Gasteiger partial charge >= 0.3 is 0 Å². The number of anilines is 2. The number of nitrogens with zero attached hydrogens (tertiary/aromatic N) is 3. The fourth-order valence-electron chi connectivity index (χ4n) is 5.18. The highest BCUT2D eigenvalue weighted by atomic mass is 16.2. The van der Waals surface area contributed by atoms with Crippen molar-refractivity contribution >= 4 is 23.2 Å². The molecule has 1 N–H and O–H groups in total. The van der Waals surface area contributed by atoms with Crippen LogP contribution < -0.4 is 10.2 Å². The first kappa shape index (κ1) is 24.3. The molecule has 2 aromatic rings. The standard InChI is InChI=1S/C28H38N4O2.H2/c1-30(2)20-27(33)31(3)26-17-18-32(19-26)25-15-13-24(14-16-25)29-28(34)23-11-9-22(10-12-23)21-7-5-4-6-8-21;/h9-16,21,26H,4-8,17-20H2,1-3H3,(H,29,34);1H. The molecule has 1 saturated heterocycles. The third-order valence-electron chi connectivity index (χ3n) is 7.30. The second-order valence-corrected chi connectivity index (χ2v) is 10.1. The van der Waals surface area contributed by atoms with Crippen LogP contribution in [0.2, 0.25) is 0 Å². The molecule has 6 nitrogen and oxygen atoms in total. The number of benzene rings is 2. The van der Waals surface area contributed by atoms with Crippen LogP contribution in [0.4, 0.5) is 11.4 Å². The zero-order valence-corrected chi connectivity index (χ0v) is 20.8. The van der Waals surface area contributed by atoms with Crippen LogP contribution in [-0.4, -0.2) is 68.4 Å². The van der Waals surface area contributed by atoms with E-state index >= 15 is 0 Å². The Balaban J connectivity index is 0.00000342. The maximum atomic E-state index is 12.7. The van der Waals surface area contributed by atoms with E-state index in [-0.39, 0.29) is 19.3 Å². The number of carbonyl (C=O) groups is 2. The average molecular weight is 465 g/mol. The quantitative estimate of drug-likeness (QED) is 0.638. The molecule has 1 atom stereocenters. The third kappa shape index (κ3) is 5.98. The molecule has 0 radical (unpaired) electrons. The van der Waals surface area contributed by atoms with Crippen molar-refractivity contribution in [2.24, 2.45) is 0 Å². The normalized spacial score (nSPS) is 18.8. The van der Waals surface area contributed by atoms with Gasteiger partial charge in [-0.1, -0.05) is 31.4 Å². The van der Waals surface area contributed by atoms with E-state index in [0.717, 1.165) is 30.9 Å². The Hall–Kier alpha value is -2.86. The van der Waals surface area contributed by atoms with Gasteiger partial charge in [0, 0.05) is 38.5 Å². The minimum atomic E-state index is -0.0785. The fourth-order valence-corrected chi connectivity index (χ4v) is 5.18. The Labute approximate surface area is 205 Å². The highest BCUT2D eigenvalue weighted by molar-refractivity contribution is 6.04. The van der Waals surface area contributed by atoms with Crippen LogP contribution in [0.25, 0.3) is 0 Å². The lowest BCUT2D eigenvalue weighted by molar-refractivity contribution is -0.132. The lowest BCUT2D eigenvalue weighted by Crippen LogP contribution is -2.43. The summed E-state index contributed by atoms with van der Waals surface area (Å²) in [5.74, 6) is 0.723. The number of amides is 2. The van der Waals surface area contributed by atoms with Crippen molar-refractivity contribution < 1.29 is 11.0 Å². The van der Waals surface area contributed by atoms with E-state index in [1.807, 2.05) is 67.3 Å². The molecule has 2 fully saturated rings. The first-order valence-corrected chi connectivity index (χ1v) is 12.6. The van der Waals surface area contributed by atoms with Gasteiger partial charge in [-0.2, -0.15) is 0 Å². The first-order valence-electron chi connectivity index (χ1n) is 12.6. The molecule has 1 aliphatic heterocycles. The van der Waals surface area contributed by atoms with E-state index in [4.69, 9.17) is 0 Å². The van der Waals surface area contributed by atoms with E-state index in [0.29, 0.717) is 18.0 Å². The van der Waals surface area contributed by atoms with Crippen molar-refractivity contribution in [1.29, 1.82) is 0 Å². The summed E-state index contributed by atoms with van der Waals surface area (Å²) in [6.45, 7) is 2.18. The molecular formula is C28H40N4O2. The summed E-state index contributed by atoms with van der Waals surface area (Å²) >= 11 is 0. The average Bonchev–Trinajstić information content (AvgIpc) is 3.34. The molecule has 0 bridgehead atoms. The monoisotopic (exact) mass is 464 g/mol. The smallest absolute Gasteiger partial charge is 0.255 e. The van der Waals surface area contributed by atoms with Gasteiger partial charge in [-0.3, -0.25) is 9.59 Å². The van der Waals surface area contributed by atoms with Gasteiger partial charge in [0.15, 0.2) is 0 Å². The Morgan fingerprint density at radius 3 is 2.26 bits per heavy atom. The number of carbonyl (C=O) groups excluding carboxylic acids is 2. The van der Waals surface area contributed by atoms with Crippen LogP contribution in [0.1, 0.15) is 61.8 Å². The molecule has 1 aliphatic carbocycles. The van der Waals surface area contributed by atoms with Crippen LogP contribution in [0.3, 0.4) is 0 Å². The molecule has 2 aromatic carbocycles. The van der Waals surface area contributed by atoms with Crippen molar-refractivity contribution in [3.63, 3.8) is 0 Å². The van der Waals surface area contributed by atoms with Gasteiger partial charge in [-0.05, 0) is 81.2 Å². The van der Waals surface area contributed by atoms with Crippen molar-refractivity contribution in [3.8, 4) is 0 Å². The van der Waals surface area contributed by atoms with Gasteiger partial charge in [0.2, 0.25) is 5.91 Å². The highest BCUT2D eigenvalue weighted by Crippen LogP contribution is 2.32. The van der Waals surface area contributed by atoms with Gasteiger partial charge in [0.25, 0.3) is 5.91 Å². The minimum Gasteiger partial charge on any atom is -0.369 e. The topological polar surface area (TPSA) is 55.9 Å². The predicted molar refractivity (Wildman–Crippen MR) is 141 cm³/mol. The number of rotatable bonds is 7. The molecule has 1 saturated carbocycles. The summed E-state index contributed by atoms with van der Waals surface area (Å²) < 4.78 is 0. The predicted octanol–water partition coefficient (Wildman–Crippen LogP) is 4.83. The van der Waals surface area contributed by atoms with E-state index in [1.54, 1.807) is 0 Å². The number of hydrogen-bond donors (Lipinski definition) is 1. The summed E-state index contributed by atoms with van der Waals surface area (Å²) in [4.78, 5) is 31.2. The summed E-state index contributed by atoms with van der Waals surface area (Å²) in [6.07, 6.45) is 7.46. The maximum Gasteiger partial charge on any atom is 0.255 e. The largest absolute Gasteiger partial charge is 0.369 e. The third-order valence-corrected chi connectivity index (χ3v) is 7.30. The zero-order valence-electron chi connectivity index (χ0n) is 20.8. The van der Waals surface area contributed by atoms with Gasteiger partial charge in [-0.15, -0.1) is 0 Å². The molecule has 2 aliphatic rings. The molecule has 1 heterocycles. The van der Waals surface area contributed by atoms with E-state index < -0.39 is 0 Å². The van der Waals surface area contributed by atoms with E-state index in [9.17, 15) is 9.59 Å².